The van der Waals surface area contributed by atoms with Crippen LogP contribution in [0.5, 0.6) is 5.75 Å². The highest BCUT2D eigenvalue weighted by molar-refractivity contribution is 6.11. The molecule has 2 aliphatic rings. The summed E-state index contributed by atoms with van der Waals surface area (Å²) in [5.74, 6) is -0.164. The Labute approximate surface area is 189 Å². The first-order valence-corrected chi connectivity index (χ1v) is 10.5. The van der Waals surface area contributed by atoms with Crippen LogP contribution in [0.2, 0.25) is 0 Å². The molecule has 2 aromatic carbocycles. The summed E-state index contributed by atoms with van der Waals surface area (Å²) in [6.45, 7) is 0.231. The van der Waals surface area contributed by atoms with Gasteiger partial charge in [-0.1, -0.05) is 18.2 Å². The maximum Gasteiger partial charge on any atom is 0.271 e. The second-order valence-corrected chi connectivity index (χ2v) is 7.95. The summed E-state index contributed by atoms with van der Waals surface area (Å²) in [5.41, 5.74) is 2.86. The number of carbonyl (C=O) groups is 3. The maximum atomic E-state index is 13.4. The molecular formula is C24H21N5O4. The second kappa shape index (κ2) is 8.34. The fourth-order valence-corrected chi connectivity index (χ4v) is 4.25. The number of benzene rings is 2. The van der Waals surface area contributed by atoms with Gasteiger partial charge in [0, 0.05) is 25.0 Å². The van der Waals surface area contributed by atoms with Crippen LogP contribution in [0.15, 0.2) is 61.1 Å². The van der Waals surface area contributed by atoms with Crippen LogP contribution in [0.25, 0.3) is 11.1 Å². The van der Waals surface area contributed by atoms with Crippen molar-refractivity contribution < 1.29 is 19.1 Å². The van der Waals surface area contributed by atoms with E-state index >= 15 is 0 Å². The molecule has 1 aromatic heterocycles. The van der Waals surface area contributed by atoms with E-state index < -0.39 is 6.04 Å². The zero-order valence-corrected chi connectivity index (χ0v) is 17.8. The number of nitrogens with one attached hydrogen (secondary N) is 2. The van der Waals surface area contributed by atoms with Crippen LogP contribution < -0.4 is 15.4 Å². The van der Waals surface area contributed by atoms with Crippen molar-refractivity contribution in [3.05, 3.63) is 72.3 Å². The summed E-state index contributed by atoms with van der Waals surface area (Å²) in [4.78, 5) is 48.2. The Morgan fingerprint density at radius 2 is 1.91 bits per heavy atom. The van der Waals surface area contributed by atoms with E-state index in [1.54, 1.807) is 19.2 Å². The standard InChI is InChI=1S/C24H21N5O4/c1-33-17-5-2-14(3-6-17)15-4-7-19-18(10-15)24(32)29-13-16(11-21(29)23(31)28-19)27-22(30)20-12-25-8-9-26-20/h2-10,12,16,21H,11,13H2,1H3,(H,27,30)(H,28,31)/t16-,21-/m0/s1. The average Bonchev–Trinajstić information content (AvgIpc) is 3.24. The molecule has 5 rings (SSSR count). The van der Waals surface area contributed by atoms with Gasteiger partial charge in [-0.25, -0.2) is 4.98 Å². The van der Waals surface area contributed by atoms with Crippen molar-refractivity contribution in [3.63, 3.8) is 0 Å². The predicted octanol–water partition coefficient (Wildman–Crippen LogP) is 2.12. The van der Waals surface area contributed by atoms with Gasteiger partial charge in [0.2, 0.25) is 5.91 Å². The highest BCUT2D eigenvalue weighted by Crippen LogP contribution is 2.32. The van der Waals surface area contributed by atoms with Gasteiger partial charge in [0.25, 0.3) is 11.8 Å². The Kier molecular flexibility index (Phi) is 5.21. The minimum Gasteiger partial charge on any atom is -0.497 e. The quantitative estimate of drug-likeness (QED) is 0.639. The average molecular weight is 443 g/mol. The molecule has 9 heteroatoms. The highest BCUT2D eigenvalue weighted by atomic mass is 16.5. The van der Waals surface area contributed by atoms with Gasteiger partial charge in [-0.05, 0) is 41.8 Å². The van der Waals surface area contributed by atoms with Gasteiger partial charge in [-0.15, -0.1) is 0 Å². The third kappa shape index (κ3) is 3.89. The number of nitrogens with zero attached hydrogens (tertiary/aromatic N) is 3. The van der Waals surface area contributed by atoms with E-state index in [1.165, 1.54) is 23.5 Å². The molecule has 2 N–H and O–H groups in total. The normalized spacial score (nSPS) is 19.2. The van der Waals surface area contributed by atoms with Crippen LogP contribution >= 0.6 is 0 Å². The van der Waals surface area contributed by atoms with E-state index in [4.69, 9.17) is 4.74 Å². The number of rotatable bonds is 4. The molecular weight excluding hydrogens is 422 g/mol. The molecule has 0 unspecified atom stereocenters. The summed E-state index contributed by atoms with van der Waals surface area (Å²) >= 11 is 0. The van der Waals surface area contributed by atoms with Crippen molar-refractivity contribution in [1.29, 1.82) is 0 Å². The maximum absolute atomic E-state index is 13.4. The summed E-state index contributed by atoms with van der Waals surface area (Å²) < 4.78 is 5.21. The Morgan fingerprint density at radius 3 is 2.64 bits per heavy atom. The molecule has 0 saturated carbocycles. The lowest BCUT2D eigenvalue weighted by Gasteiger charge is -2.20. The van der Waals surface area contributed by atoms with E-state index in [9.17, 15) is 14.4 Å². The number of hydrogen-bond acceptors (Lipinski definition) is 6. The largest absolute Gasteiger partial charge is 0.497 e. The second-order valence-electron chi connectivity index (χ2n) is 7.95. The molecule has 0 aliphatic carbocycles. The molecule has 33 heavy (non-hydrogen) atoms. The van der Waals surface area contributed by atoms with Crippen LogP contribution in [0, 0.1) is 0 Å². The third-order valence-electron chi connectivity index (χ3n) is 5.93. The van der Waals surface area contributed by atoms with Crippen LogP contribution in [0.4, 0.5) is 5.69 Å². The van der Waals surface area contributed by atoms with Crippen LogP contribution in [0.1, 0.15) is 27.3 Å². The van der Waals surface area contributed by atoms with Crippen LogP contribution in [-0.2, 0) is 4.79 Å². The van der Waals surface area contributed by atoms with Crippen molar-refractivity contribution in [1.82, 2.24) is 20.2 Å². The first-order chi connectivity index (χ1) is 16.0. The van der Waals surface area contributed by atoms with Gasteiger partial charge in [0.05, 0.1) is 24.6 Å². The Hall–Kier alpha value is -4.27. The molecule has 1 saturated heterocycles. The number of carbonyl (C=O) groups excluding carboxylic acids is 3. The molecule has 1 fully saturated rings. The lowest BCUT2D eigenvalue weighted by atomic mass is 10.0. The number of ether oxygens (including phenoxy) is 1. The van der Waals surface area contributed by atoms with Crippen molar-refractivity contribution in [2.24, 2.45) is 0 Å². The Balaban J connectivity index is 1.39. The van der Waals surface area contributed by atoms with E-state index in [-0.39, 0.29) is 36.0 Å². The molecule has 166 valence electrons. The lowest BCUT2D eigenvalue weighted by molar-refractivity contribution is -0.119. The first-order valence-electron chi connectivity index (χ1n) is 10.5. The van der Waals surface area contributed by atoms with Crippen molar-refractivity contribution in [2.45, 2.75) is 18.5 Å². The molecule has 3 amide bonds. The van der Waals surface area contributed by atoms with E-state index in [0.717, 1.165) is 16.9 Å². The Bertz CT molecular complexity index is 1230. The van der Waals surface area contributed by atoms with Gasteiger partial charge < -0.3 is 20.3 Å². The van der Waals surface area contributed by atoms with Crippen molar-refractivity contribution >= 4 is 23.4 Å². The van der Waals surface area contributed by atoms with Gasteiger partial charge >= 0.3 is 0 Å². The molecule has 3 aromatic rings. The van der Waals surface area contributed by atoms with Crippen molar-refractivity contribution in [2.75, 3.05) is 19.0 Å². The zero-order valence-electron chi connectivity index (χ0n) is 17.8. The number of methoxy groups -OCH3 is 1. The molecule has 2 aliphatic heterocycles. The minimum absolute atomic E-state index is 0.185. The number of aromatic nitrogens is 2. The number of anilines is 1. The number of amides is 3. The Morgan fingerprint density at radius 1 is 1.12 bits per heavy atom. The monoisotopic (exact) mass is 443 g/mol. The third-order valence-corrected chi connectivity index (χ3v) is 5.93. The summed E-state index contributed by atoms with van der Waals surface area (Å²) in [5, 5.41) is 5.73. The summed E-state index contributed by atoms with van der Waals surface area (Å²) in [7, 11) is 1.61. The molecule has 0 spiro atoms. The van der Waals surface area contributed by atoms with Crippen molar-refractivity contribution in [3.8, 4) is 16.9 Å². The SMILES string of the molecule is COc1ccc(-c2ccc3c(c2)C(=O)N2C[C@@H](NC(=O)c4cnccn4)C[C@H]2C(=O)N3)cc1. The van der Waals surface area contributed by atoms with Crippen LogP contribution in [0.3, 0.4) is 0 Å². The predicted molar refractivity (Wildman–Crippen MR) is 120 cm³/mol. The van der Waals surface area contributed by atoms with Gasteiger partial charge in [0.1, 0.15) is 17.5 Å². The highest BCUT2D eigenvalue weighted by Gasteiger charge is 2.43. The molecule has 2 atom stereocenters. The summed E-state index contributed by atoms with van der Waals surface area (Å²) in [6.07, 6.45) is 4.61. The molecule has 0 radical (unpaired) electrons. The zero-order chi connectivity index (χ0) is 22.9. The lowest BCUT2D eigenvalue weighted by Crippen LogP contribution is -2.41. The molecule has 9 nitrogen and oxygen atoms in total. The first kappa shape index (κ1) is 20.6. The van der Waals surface area contributed by atoms with E-state index in [2.05, 4.69) is 20.6 Å². The molecule has 0 bridgehead atoms. The smallest absolute Gasteiger partial charge is 0.271 e. The fourth-order valence-electron chi connectivity index (χ4n) is 4.25. The number of fused-ring (bicyclic) bond motifs is 2. The fraction of sp³-hybridized carbons (Fsp3) is 0.208. The van der Waals surface area contributed by atoms with E-state index in [0.29, 0.717) is 17.7 Å². The van der Waals surface area contributed by atoms with Crippen LogP contribution in [-0.4, -0.2) is 58.3 Å². The van der Waals surface area contributed by atoms with E-state index in [1.807, 2.05) is 30.3 Å². The molecule has 3 heterocycles. The summed E-state index contributed by atoms with van der Waals surface area (Å²) in [6, 6.07) is 11.9. The van der Waals surface area contributed by atoms with Gasteiger partial charge in [0.15, 0.2) is 0 Å². The topological polar surface area (TPSA) is 114 Å². The van der Waals surface area contributed by atoms with Gasteiger partial charge in [-0.2, -0.15) is 0 Å². The minimum atomic E-state index is -0.665. The number of hydrogen-bond donors (Lipinski definition) is 2. The van der Waals surface area contributed by atoms with Gasteiger partial charge in [-0.3, -0.25) is 19.4 Å².